The third-order valence-electron chi connectivity index (χ3n) is 11.9. The minimum atomic E-state index is 0.575. The van der Waals surface area contributed by atoms with Crippen molar-refractivity contribution in [2.75, 3.05) is 0 Å². The van der Waals surface area contributed by atoms with Crippen LogP contribution in [0.25, 0.3) is 117 Å². The summed E-state index contributed by atoms with van der Waals surface area (Å²) in [5.41, 5.74) is 14.4. The van der Waals surface area contributed by atoms with Crippen molar-refractivity contribution in [3.05, 3.63) is 218 Å². The van der Waals surface area contributed by atoms with Crippen LogP contribution in [0.2, 0.25) is 0 Å². The van der Waals surface area contributed by atoms with Gasteiger partial charge in [0.1, 0.15) is 11.2 Å². The van der Waals surface area contributed by atoms with Crippen molar-refractivity contribution in [1.82, 2.24) is 19.5 Å². The smallest absolute Gasteiger partial charge is 0.164 e. The maximum Gasteiger partial charge on any atom is 0.164 e. The van der Waals surface area contributed by atoms with Crippen molar-refractivity contribution in [2.45, 2.75) is 0 Å². The molecule has 0 spiro atoms. The molecule has 0 aliphatic rings. The van der Waals surface area contributed by atoms with Gasteiger partial charge in [0.05, 0.1) is 11.0 Å². The van der Waals surface area contributed by atoms with E-state index in [4.69, 9.17) is 19.4 Å². The van der Waals surface area contributed by atoms with Gasteiger partial charge in [-0.2, -0.15) is 0 Å². The normalized spacial score (nSPS) is 11.5. The van der Waals surface area contributed by atoms with E-state index in [1.54, 1.807) is 0 Å². The van der Waals surface area contributed by atoms with Crippen LogP contribution in [0.15, 0.2) is 223 Å². The number of furan rings is 1. The number of nitrogens with zero attached hydrogens (tertiary/aromatic N) is 4. The minimum absolute atomic E-state index is 0.575. The molecule has 3 aromatic heterocycles. The SMILES string of the molecule is c1ccc(-c2ccc(-n3c4ccccc4c4cc5oc6cccc(-c7nc(-c8cccc(-c9ccccc9)c8)nc(-c8cccc(-c9ccccc9)c8)n7)c6c5cc43)cc2)cc1. The topological polar surface area (TPSA) is 56.7 Å². The van der Waals surface area contributed by atoms with Crippen molar-refractivity contribution < 1.29 is 4.42 Å². The molecule has 0 aliphatic carbocycles. The van der Waals surface area contributed by atoms with E-state index in [-0.39, 0.29) is 0 Å². The Kier molecular flexibility index (Phi) is 8.42. The molecule has 0 saturated heterocycles. The molecule has 0 saturated carbocycles. The number of aromatic nitrogens is 4. The first-order chi connectivity index (χ1) is 30.7. The summed E-state index contributed by atoms with van der Waals surface area (Å²) in [6.45, 7) is 0. The van der Waals surface area contributed by atoms with Crippen molar-refractivity contribution in [3.8, 4) is 73.2 Å². The highest BCUT2D eigenvalue weighted by atomic mass is 16.3. The molecule has 0 bridgehead atoms. The number of fused-ring (bicyclic) bond motifs is 6. The number of para-hydroxylation sites is 1. The van der Waals surface area contributed by atoms with Crippen LogP contribution in [0.5, 0.6) is 0 Å². The Balaban J connectivity index is 1.07. The van der Waals surface area contributed by atoms with E-state index in [2.05, 4.69) is 199 Å². The molecule has 0 fully saturated rings. The summed E-state index contributed by atoms with van der Waals surface area (Å²) in [5.74, 6) is 1.77. The Morgan fingerprint density at radius 3 is 1.44 bits per heavy atom. The standard InChI is InChI=1S/C57H36N4O/c1-4-15-37(16-5-1)40-29-31-45(32-30-40)61-50-27-11-10-25-46(50)48-36-53-49(35-51(48)61)54-47(26-14-28-52(54)62-53)57-59-55(43-23-12-21-41(33-43)38-17-6-2-7-18-38)58-56(60-57)44-24-13-22-42(34-44)39-19-8-3-9-20-39/h1-36H. The second kappa shape index (κ2) is 14.7. The molecule has 0 N–H and O–H groups in total. The predicted molar refractivity (Wildman–Crippen MR) is 254 cm³/mol. The molecule has 12 aromatic rings. The van der Waals surface area contributed by atoms with Gasteiger partial charge in [-0.05, 0) is 81.9 Å². The lowest BCUT2D eigenvalue weighted by atomic mass is 10.0. The van der Waals surface area contributed by atoms with Crippen molar-refractivity contribution in [1.29, 1.82) is 0 Å². The number of rotatable bonds is 7. The van der Waals surface area contributed by atoms with Gasteiger partial charge in [-0.25, -0.2) is 15.0 Å². The molecule has 5 nitrogen and oxygen atoms in total. The Hall–Kier alpha value is -8.41. The van der Waals surface area contributed by atoms with Crippen LogP contribution in [0.1, 0.15) is 0 Å². The second-order valence-corrected chi connectivity index (χ2v) is 15.6. The van der Waals surface area contributed by atoms with Crippen LogP contribution >= 0.6 is 0 Å². The number of hydrogen-bond donors (Lipinski definition) is 0. The summed E-state index contributed by atoms with van der Waals surface area (Å²) < 4.78 is 9.09. The van der Waals surface area contributed by atoms with Crippen molar-refractivity contribution in [2.24, 2.45) is 0 Å². The minimum Gasteiger partial charge on any atom is -0.456 e. The van der Waals surface area contributed by atoms with E-state index in [0.717, 1.165) is 83.0 Å². The monoisotopic (exact) mass is 792 g/mol. The molecule has 0 atom stereocenters. The van der Waals surface area contributed by atoms with Gasteiger partial charge in [0.25, 0.3) is 0 Å². The van der Waals surface area contributed by atoms with Crippen LogP contribution in [0.4, 0.5) is 0 Å². The quantitative estimate of drug-likeness (QED) is 0.161. The number of hydrogen-bond acceptors (Lipinski definition) is 4. The van der Waals surface area contributed by atoms with Crippen LogP contribution in [0.3, 0.4) is 0 Å². The molecule has 0 unspecified atom stereocenters. The first-order valence-electron chi connectivity index (χ1n) is 20.8. The first-order valence-corrected chi connectivity index (χ1v) is 20.8. The maximum atomic E-state index is 6.73. The molecule has 9 aromatic carbocycles. The van der Waals surface area contributed by atoms with Crippen molar-refractivity contribution >= 4 is 43.7 Å². The van der Waals surface area contributed by atoms with Crippen molar-refractivity contribution in [3.63, 3.8) is 0 Å². The van der Waals surface area contributed by atoms with Gasteiger partial charge in [-0.1, -0.05) is 170 Å². The Labute approximate surface area is 357 Å². The molecule has 5 heteroatoms. The molecular weight excluding hydrogens is 757 g/mol. The van der Waals surface area contributed by atoms with Gasteiger partial charge < -0.3 is 8.98 Å². The van der Waals surface area contributed by atoms with Crippen LogP contribution < -0.4 is 0 Å². The summed E-state index contributed by atoms with van der Waals surface area (Å²) in [6, 6.07) is 76.3. The summed E-state index contributed by atoms with van der Waals surface area (Å²) >= 11 is 0. The van der Waals surface area contributed by atoms with Gasteiger partial charge >= 0.3 is 0 Å². The largest absolute Gasteiger partial charge is 0.456 e. The second-order valence-electron chi connectivity index (χ2n) is 15.6. The predicted octanol–water partition coefficient (Wildman–Crippen LogP) is 14.9. The third-order valence-corrected chi connectivity index (χ3v) is 11.9. The molecule has 290 valence electrons. The van der Waals surface area contributed by atoms with E-state index < -0.39 is 0 Å². The molecule has 0 radical (unpaired) electrons. The lowest BCUT2D eigenvalue weighted by molar-refractivity contribution is 0.669. The summed E-state index contributed by atoms with van der Waals surface area (Å²) in [6.07, 6.45) is 0. The summed E-state index contributed by atoms with van der Waals surface area (Å²) in [4.78, 5) is 15.7. The van der Waals surface area contributed by atoms with Gasteiger partial charge in [0, 0.05) is 43.9 Å². The van der Waals surface area contributed by atoms with E-state index in [9.17, 15) is 0 Å². The van der Waals surface area contributed by atoms with E-state index in [1.165, 1.54) is 16.5 Å². The van der Waals surface area contributed by atoms with Crippen LogP contribution in [-0.2, 0) is 0 Å². The Bertz CT molecular complexity index is 3510. The maximum absolute atomic E-state index is 6.73. The fraction of sp³-hybridized carbons (Fsp3) is 0. The van der Waals surface area contributed by atoms with Gasteiger partial charge in [0.15, 0.2) is 17.5 Å². The average Bonchev–Trinajstić information content (AvgIpc) is 3.89. The van der Waals surface area contributed by atoms with E-state index in [1.807, 2.05) is 24.3 Å². The zero-order chi connectivity index (χ0) is 41.0. The van der Waals surface area contributed by atoms with Gasteiger partial charge in [0.2, 0.25) is 0 Å². The molecule has 62 heavy (non-hydrogen) atoms. The third kappa shape index (κ3) is 6.14. The molecule has 3 heterocycles. The molecule has 12 rings (SSSR count). The lowest BCUT2D eigenvalue weighted by Crippen LogP contribution is -2.00. The van der Waals surface area contributed by atoms with E-state index >= 15 is 0 Å². The molecule has 0 aliphatic heterocycles. The fourth-order valence-corrected chi connectivity index (χ4v) is 8.88. The molecular formula is C57H36N4O. The highest BCUT2D eigenvalue weighted by Crippen LogP contribution is 2.42. The highest BCUT2D eigenvalue weighted by Gasteiger charge is 2.21. The Morgan fingerprint density at radius 2 is 0.806 bits per heavy atom. The Morgan fingerprint density at radius 1 is 0.306 bits per heavy atom. The summed E-state index contributed by atoms with van der Waals surface area (Å²) in [5, 5.41) is 4.25. The van der Waals surface area contributed by atoms with Gasteiger partial charge in [-0.15, -0.1) is 0 Å². The average molecular weight is 793 g/mol. The van der Waals surface area contributed by atoms with Crippen LogP contribution in [-0.4, -0.2) is 19.5 Å². The van der Waals surface area contributed by atoms with E-state index in [0.29, 0.717) is 17.5 Å². The molecule has 0 amide bonds. The fourth-order valence-electron chi connectivity index (χ4n) is 8.88. The van der Waals surface area contributed by atoms with Crippen LogP contribution in [0, 0.1) is 0 Å². The zero-order valence-corrected chi connectivity index (χ0v) is 33.5. The lowest BCUT2D eigenvalue weighted by Gasteiger charge is -2.11. The highest BCUT2D eigenvalue weighted by molar-refractivity contribution is 6.19. The summed E-state index contributed by atoms with van der Waals surface area (Å²) in [7, 11) is 0. The number of benzene rings is 9. The zero-order valence-electron chi connectivity index (χ0n) is 33.5. The first kappa shape index (κ1) is 35.5. The van der Waals surface area contributed by atoms with Gasteiger partial charge in [-0.3, -0.25) is 0 Å².